The van der Waals surface area contributed by atoms with E-state index < -0.39 is 0 Å². The van der Waals surface area contributed by atoms with Gasteiger partial charge in [-0.25, -0.2) is 0 Å². The Morgan fingerprint density at radius 2 is 0.500 bits per heavy atom. The van der Waals surface area contributed by atoms with Crippen molar-refractivity contribution in [3.63, 3.8) is 0 Å². The first-order valence-corrected chi connectivity index (χ1v) is 19.6. The summed E-state index contributed by atoms with van der Waals surface area (Å²) in [4.78, 5) is 0. The Hall–Kier alpha value is 0. The van der Waals surface area contributed by atoms with E-state index in [1.807, 2.05) is 0 Å². The number of hydrogen-bond donors (Lipinski definition) is 0. The molecule has 3 atom stereocenters. The molecule has 242 valence electrons. The predicted octanol–water partition coefficient (Wildman–Crippen LogP) is 15.4. The van der Waals surface area contributed by atoms with Gasteiger partial charge in [-0.3, -0.25) is 0 Å². The SMILES string of the molecule is CCCCCCCCCCCCCCCCCCCCC(C)CC(C)CCCCCCCCCCCC(C)CC. The molecular formula is C40H82. The number of unbranched alkanes of at least 4 members (excludes halogenated alkanes) is 25. The minimum Gasteiger partial charge on any atom is -0.0654 e. The lowest BCUT2D eigenvalue weighted by Crippen LogP contribution is -2.03. The van der Waals surface area contributed by atoms with Gasteiger partial charge in [-0.2, -0.15) is 0 Å². The van der Waals surface area contributed by atoms with E-state index >= 15 is 0 Å². The second-order valence-corrected chi connectivity index (χ2v) is 14.5. The van der Waals surface area contributed by atoms with Gasteiger partial charge in [-0.15, -0.1) is 0 Å². The smallest absolute Gasteiger partial charge is 0.0440 e. The van der Waals surface area contributed by atoms with Crippen molar-refractivity contribution in [2.75, 3.05) is 0 Å². The quantitative estimate of drug-likeness (QED) is 0.0684. The van der Waals surface area contributed by atoms with Crippen LogP contribution >= 0.6 is 0 Å². The van der Waals surface area contributed by atoms with Crippen LogP contribution in [-0.4, -0.2) is 0 Å². The zero-order valence-electron chi connectivity index (χ0n) is 29.4. The van der Waals surface area contributed by atoms with Gasteiger partial charge in [-0.05, 0) is 24.2 Å². The molecule has 0 heteroatoms. The van der Waals surface area contributed by atoms with E-state index in [1.54, 1.807) is 0 Å². The van der Waals surface area contributed by atoms with Crippen LogP contribution in [0.15, 0.2) is 0 Å². The van der Waals surface area contributed by atoms with E-state index in [0.29, 0.717) is 0 Å². The maximum Gasteiger partial charge on any atom is -0.0440 e. The van der Waals surface area contributed by atoms with Gasteiger partial charge >= 0.3 is 0 Å². The van der Waals surface area contributed by atoms with Crippen LogP contribution in [0.3, 0.4) is 0 Å². The van der Waals surface area contributed by atoms with Crippen molar-refractivity contribution in [1.29, 1.82) is 0 Å². The van der Waals surface area contributed by atoms with E-state index in [-0.39, 0.29) is 0 Å². The van der Waals surface area contributed by atoms with Crippen molar-refractivity contribution in [2.45, 2.75) is 240 Å². The van der Waals surface area contributed by atoms with Crippen LogP contribution in [0, 0.1) is 17.8 Å². The average Bonchev–Trinajstić information content (AvgIpc) is 2.95. The fourth-order valence-electron chi connectivity index (χ4n) is 6.74. The monoisotopic (exact) mass is 563 g/mol. The third-order valence-corrected chi connectivity index (χ3v) is 9.95. The molecule has 0 heterocycles. The molecule has 0 bridgehead atoms. The highest BCUT2D eigenvalue weighted by Crippen LogP contribution is 2.23. The molecule has 40 heavy (non-hydrogen) atoms. The Balaban J connectivity index is 3.27. The van der Waals surface area contributed by atoms with Gasteiger partial charge in [-0.1, -0.05) is 234 Å². The van der Waals surface area contributed by atoms with E-state index in [2.05, 4.69) is 34.6 Å². The van der Waals surface area contributed by atoms with Gasteiger partial charge in [0.2, 0.25) is 0 Å². The van der Waals surface area contributed by atoms with Crippen LogP contribution < -0.4 is 0 Å². The van der Waals surface area contributed by atoms with Gasteiger partial charge in [0.25, 0.3) is 0 Å². The molecule has 0 spiro atoms. The first-order chi connectivity index (χ1) is 19.6. The van der Waals surface area contributed by atoms with Crippen molar-refractivity contribution in [1.82, 2.24) is 0 Å². The highest BCUT2D eigenvalue weighted by atomic mass is 14.1. The molecule has 0 aliphatic rings. The summed E-state index contributed by atoms with van der Waals surface area (Å²) in [6.45, 7) is 12.1. The topological polar surface area (TPSA) is 0 Å². The lowest BCUT2D eigenvalue weighted by molar-refractivity contribution is 0.356. The number of rotatable bonds is 34. The highest BCUT2D eigenvalue weighted by Gasteiger charge is 2.09. The van der Waals surface area contributed by atoms with E-state index in [4.69, 9.17) is 0 Å². The standard InChI is InChI=1S/C40H82/c1-6-8-9-10-11-12-13-14-15-16-17-18-19-20-22-26-29-32-35-39(4)37-40(5)36-33-30-27-24-21-23-25-28-31-34-38(3)7-2/h38-40H,6-37H2,1-5H3. The second kappa shape index (κ2) is 33.5. The van der Waals surface area contributed by atoms with Gasteiger partial charge in [0.05, 0.1) is 0 Å². The molecular weight excluding hydrogens is 480 g/mol. The Bertz CT molecular complexity index is 439. The zero-order chi connectivity index (χ0) is 29.4. The summed E-state index contributed by atoms with van der Waals surface area (Å²) >= 11 is 0. The van der Waals surface area contributed by atoms with Crippen molar-refractivity contribution in [2.24, 2.45) is 17.8 Å². The molecule has 0 aromatic carbocycles. The van der Waals surface area contributed by atoms with E-state index in [1.165, 1.54) is 205 Å². The molecule has 0 fully saturated rings. The van der Waals surface area contributed by atoms with Gasteiger partial charge in [0.15, 0.2) is 0 Å². The second-order valence-electron chi connectivity index (χ2n) is 14.5. The fourth-order valence-corrected chi connectivity index (χ4v) is 6.74. The Morgan fingerprint density at radius 1 is 0.275 bits per heavy atom. The Kier molecular flexibility index (Phi) is 33.5. The molecule has 0 saturated heterocycles. The average molecular weight is 563 g/mol. The lowest BCUT2D eigenvalue weighted by Gasteiger charge is -2.17. The van der Waals surface area contributed by atoms with Crippen molar-refractivity contribution >= 4 is 0 Å². The molecule has 0 nitrogen and oxygen atoms in total. The molecule has 3 unspecified atom stereocenters. The summed E-state index contributed by atoms with van der Waals surface area (Å²) in [5, 5.41) is 0. The number of hydrogen-bond acceptors (Lipinski definition) is 0. The normalized spacial score (nSPS) is 14.0. The molecule has 0 N–H and O–H groups in total. The summed E-state index contributed by atoms with van der Waals surface area (Å²) in [5.74, 6) is 2.83. The zero-order valence-corrected chi connectivity index (χ0v) is 29.4. The molecule has 0 amide bonds. The highest BCUT2D eigenvalue weighted by molar-refractivity contribution is 4.61. The van der Waals surface area contributed by atoms with Gasteiger partial charge < -0.3 is 0 Å². The Labute approximate surface area is 257 Å². The summed E-state index contributed by atoms with van der Waals surface area (Å²) in [5.41, 5.74) is 0. The molecule has 0 aliphatic carbocycles. The molecule has 0 aromatic rings. The first kappa shape index (κ1) is 40.0. The summed E-state index contributed by atoms with van der Waals surface area (Å²) in [7, 11) is 0. The van der Waals surface area contributed by atoms with Crippen molar-refractivity contribution < 1.29 is 0 Å². The predicted molar refractivity (Wildman–Crippen MR) is 187 cm³/mol. The maximum absolute atomic E-state index is 2.52. The van der Waals surface area contributed by atoms with Crippen molar-refractivity contribution in [3.05, 3.63) is 0 Å². The minimum atomic E-state index is 0.941. The van der Waals surface area contributed by atoms with Gasteiger partial charge in [0.1, 0.15) is 0 Å². The molecule has 0 radical (unpaired) electrons. The van der Waals surface area contributed by atoms with Crippen LogP contribution in [0.2, 0.25) is 0 Å². The first-order valence-electron chi connectivity index (χ1n) is 19.6. The van der Waals surface area contributed by atoms with Crippen LogP contribution in [0.4, 0.5) is 0 Å². The third-order valence-electron chi connectivity index (χ3n) is 9.95. The maximum atomic E-state index is 2.52. The van der Waals surface area contributed by atoms with Gasteiger partial charge in [0, 0.05) is 0 Å². The fraction of sp³-hybridized carbons (Fsp3) is 1.00. The van der Waals surface area contributed by atoms with Crippen LogP contribution in [0.25, 0.3) is 0 Å². The molecule has 0 rings (SSSR count). The molecule has 0 aliphatic heterocycles. The third kappa shape index (κ3) is 32.5. The van der Waals surface area contributed by atoms with E-state index in [0.717, 1.165) is 17.8 Å². The largest absolute Gasteiger partial charge is 0.0654 e. The lowest BCUT2D eigenvalue weighted by atomic mass is 9.89. The minimum absolute atomic E-state index is 0.941. The van der Waals surface area contributed by atoms with Crippen molar-refractivity contribution in [3.8, 4) is 0 Å². The van der Waals surface area contributed by atoms with E-state index in [9.17, 15) is 0 Å². The van der Waals surface area contributed by atoms with Crippen LogP contribution in [0.5, 0.6) is 0 Å². The van der Waals surface area contributed by atoms with Crippen LogP contribution in [-0.2, 0) is 0 Å². The molecule has 0 aromatic heterocycles. The summed E-state index contributed by atoms with van der Waals surface area (Å²) in [6, 6.07) is 0. The summed E-state index contributed by atoms with van der Waals surface area (Å²) in [6.07, 6.45) is 47.1. The summed E-state index contributed by atoms with van der Waals surface area (Å²) < 4.78 is 0. The molecule has 0 saturated carbocycles. The van der Waals surface area contributed by atoms with Crippen LogP contribution in [0.1, 0.15) is 240 Å². The Morgan fingerprint density at radius 3 is 0.750 bits per heavy atom.